The number of halogens is 2. The number of carbonyl (C=O) groups is 1. The highest BCUT2D eigenvalue weighted by atomic mass is 35.5. The van der Waals surface area contributed by atoms with Gasteiger partial charge < -0.3 is 14.6 Å². The van der Waals surface area contributed by atoms with Crippen LogP contribution in [-0.4, -0.2) is 40.6 Å². The van der Waals surface area contributed by atoms with Crippen LogP contribution in [0.25, 0.3) is 11.3 Å². The Kier molecular flexibility index (Phi) is 7.52. The summed E-state index contributed by atoms with van der Waals surface area (Å²) in [6.45, 7) is 0.452. The molecule has 1 heterocycles. The Morgan fingerprint density at radius 3 is 2.38 bits per heavy atom. The summed E-state index contributed by atoms with van der Waals surface area (Å²) in [7, 11) is 0. The van der Waals surface area contributed by atoms with Gasteiger partial charge in [0.25, 0.3) is 6.47 Å². The molecule has 2 atom stereocenters. The first-order chi connectivity index (χ1) is 14.0. The van der Waals surface area contributed by atoms with E-state index in [4.69, 9.17) is 32.7 Å². The first kappa shape index (κ1) is 21.2. The summed E-state index contributed by atoms with van der Waals surface area (Å²) >= 11 is 11.7. The van der Waals surface area contributed by atoms with Crippen LogP contribution >= 0.6 is 23.2 Å². The third-order valence-corrected chi connectivity index (χ3v) is 4.76. The van der Waals surface area contributed by atoms with E-state index in [0.29, 0.717) is 28.7 Å². The van der Waals surface area contributed by atoms with Crippen LogP contribution in [0.3, 0.4) is 0 Å². The molecule has 0 aliphatic carbocycles. The van der Waals surface area contributed by atoms with Crippen LogP contribution in [-0.2, 0) is 16.0 Å². The number of aromatic amines is 1. The van der Waals surface area contributed by atoms with Gasteiger partial charge in [0.05, 0.1) is 11.8 Å². The minimum Gasteiger partial charge on any atom is -0.491 e. The largest absolute Gasteiger partial charge is 0.491 e. The highest BCUT2D eigenvalue weighted by Crippen LogP contribution is 2.21. The summed E-state index contributed by atoms with van der Waals surface area (Å²) in [6.07, 6.45) is -0.719. The lowest BCUT2D eigenvalue weighted by Crippen LogP contribution is -2.27. The number of H-pyrrole nitrogens is 1. The van der Waals surface area contributed by atoms with E-state index in [1.807, 2.05) is 18.2 Å². The summed E-state index contributed by atoms with van der Waals surface area (Å²) in [5.74, 6) is 0.600. The van der Waals surface area contributed by atoms with Gasteiger partial charge >= 0.3 is 0 Å². The Bertz CT molecular complexity index is 913. The Morgan fingerprint density at radius 2 is 1.72 bits per heavy atom. The standard InChI is InChI=1S/C21H20Cl2N2O4/c22-15-3-1-14(2-4-15)21-10-17(24-25-21)9-20(29-13-26)11-18(27)12-28-19-7-5-16(23)6-8-19/h1-8,10,13,18,20,27H,9,11-12H2,(H,24,25). The fourth-order valence-corrected chi connectivity index (χ4v) is 3.09. The monoisotopic (exact) mass is 434 g/mol. The average molecular weight is 435 g/mol. The van der Waals surface area contributed by atoms with Crippen molar-refractivity contribution in [3.8, 4) is 17.0 Å². The number of nitrogens with zero attached hydrogens (tertiary/aromatic N) is 1. The fraction of sp³-hybridized carbons (Fsp3) is 0.238. The predicted molar refractivity (Wildman–Crippen MR) is 111 cm³/mol. The zero-order valence-corrected chi connectivity index (χ0v) is 16.9. The molecule has 152 valence electrons. The number of aliphatic hydroxyl groups excluding tert-OH is 1. The number of aliphatic hydroxyl groups is 1. The van der Waals surface area contributed by atoms with E-state index in [-0.39, 0.29) is 13.0 Å². The second-order valence-electron chi connectivity index (χ2n) is 6.50. The van der Waals surface area contributed by atoms with Gasteiger partial charge in [-0.1, -0.05) is 35.3 Å². The Balaban J connectivity index is 1.56. The molecule has 2 unspecified atom stereocenters. The van der Waals surface area contributed by atoms with Crippen LogP contribution < -0.4 is 4.74 Å². The molecule has 0 radical (unpaired) electrons. The van der Waals surface area contributed by atoms with Crippen molar-refractivity contribution in [1.29, 1.82) is 0 Å². The summed E-state index contributed by atoms with van der Waals surface area (Å²) in [6, 6.07) is 16.1. The van der Waals surface area contributed by atoms with Crippen molar-refractivity contribution in [2.45, 2.75) is 25.0 Å². The van der Waals surface area contributed by atoms with Gasteiger partial charge in [-0.15, -0.1) is 0 Å². The van der Waals surface area contributed by atoms with Crippen LogP contribution in [0.5, 0.6) is 5.75 Å². The van der Waals surface area contributed by atoms with Gasteiger partial charge in [0, 0.05) is 34.1 Å². The van der Waals surface area contributed by atoms with E-state index < -0.39 is 12.2 Å². The van der Waals surface area contributed by atoms with Crippen molar-refractivity contribution in [1.82, 2.24) is 10.2 Å². The van der Waals surface area contributed by atoms with E-state index in [1.165, 1.54) is 0 Å². The first-order valence-corrected chi connectivity index (χ1v) is 9.75. The summed E-state index contributed by atoms with van der Waals surface area (Å²) in [4.78, 5) is 10.9. The maximum absolute atomic E-state index is 10.9. The molecule has 0 saturated heterocycles. The average Bonchev–Trinajstić information content (AvgIpc) is 3.17. The topological polar surface area (TPSA) is 84.4 Å². The highest BCUT2D eigenvalue weighted by molar-refractivity contribution is 6.30. The maximum Gasteiger partial charge on any atom is 0.293 e. The van der Waals surface area contributed by atoms with Gasteiger partial charge in [-0.2, -0.15) is 5.10 Å². The van der Waals surface area contributed by atoms with E-state index in [2.05, 4.69) is 10.2 Å². The molecule has 3 rings (SSSR count). The maximum atomic E-state index is 10.9. The second kappa shape index (κ2) is 10.3. The fourth-order valence-electron chi connectivity index (χ4n) is 2.84. The number of rotatable bonds is 10. The Hall–Kier alpha value is -2.54. The molecule has 29 heavy (non-hydrogen) atoms. The highest BCUT2D eigenvalue weighted by Gasteiger charge is 2.18. The van der Waals surface area contributed by atoms with Crippen molar-refractivity contribution in [2.75, 3.05) is 6.61 Å². The zero-order valence-electron chi connectivity index (χ0n) is 15.4. The smallest absolute Gasteiger partial charge is 0.293 e. The minimum atomic E-state index is -0.811. The van der Waals surface area contributed by atoms with Crippen molar-refractivity contribution >= 4 is 29.7 Å². The van der Waals surface area contributed by atoms with E-state index >= 15 is 0 Å². The van der Waals surface area contributed by atoms with E-state index in [9.17, 15) is 9.90 Å². The second-order valence-corrected chi connectivity index (χ2v) is 7.37. The molecule has 0 spiro atoms. The molecule has 2 aromatic carbocycles. The SMILES string of the molecule is O=COC(Cc1cc(-c2ccc(Cl)cc2)n[nH]1)CC(O)COc1ccc(Cl)cc1. The number of hydrogen-bond acceptors (Lipinski definition) is 5. The lowest BCUT2D eigenvalue weighted by molar-refractivity contribution is -0.135. The van der Waals surface area contributed by atoms with Crippen molar-refractivity contribution in [3.05, 3.63) is 70.3 Å². The lowest BCUT2D eigenvalue weighted by Gasteiger charge is -2.18. The van der Waals surface area contributed by atoms with Crippen LogP contribution in [0.2, 0.25) is 10.0 Å². The molecule has 2 N–H and O–H groups in total. The summed E-state index contributed by atoms with van der Waals surface area (Å²) in [5.41, 5.74) is 2.46. The number of aromatic nitrogens is 2. The van der Waals surface area contributed by atoms with Crippen molar-refractivity contribution < 1.29 is 19.4 Å². The number of carbonyl (C=O) groups excluding carboxylic acids is 1. The lowest BCUT2D eigenvalue weighted by atomic mass is 10.1. The molecule has 6 nitrogen and oxygen atoms in total. The van der Waals surface area contributed by atoms with Gasteiger partial charge in [0.1, 0.15) is 18.5 Å². The minimum absolute atomic E-state index is 0.0688. The normalized spacial score (nSPS) is 12.9. The quantitative estimate of drug-likeness (QED) is 0.464. The van der Waals surface area contributed by atoms with E-state index in [0.717, 1.165) is 17.0 Å². The summed E-state index contributed by atoms with van der Waals surface area (Å²) < 4.78 is 10.7. The third-order valence-electron chi connectivity index (χ3n) is 4.26. The third kappa shape index (κ3) is 6.49. The van der Waals surface area contributed by atoms with Gasteiger partial charge in [-0.3, -0.25) is 9.89 Å². The van der Waals surface area contributed by atoms with Crippen LogP contribution in [0.4, 0.5) is 0 Å². The molecule has 1 aromatic heterocycles. The predicted octanol–water partition coefficient (Wildman–Crippen LogP) is 4.30. The van der Waals surface area contributed by atoms with Crippen molar-refractivity contribution in [2.24, 2.45) is 0 Å². The molecule has 0 bridgehead atoms. The van der Waals surface area contributed by atoms with Gasteiger partial charge in [0.15, 0.2) is 0 Å². The summed E-state index contributed by atoms with van der Waals surface area (Å²) in [5, 5.41) is 18.7. The number of ether oxygens (including phenoxy) is 2. The molecule has 8 heteroatoms. The first-order valence-electron chi connectivity index (χ1n) is 8.99. The van der Waals surface area contributed by atoms with Crippen LogP contribution in [0, 0.1) is 0 Å². The molecular weight excluding hydrogens is 415 g/mol. The van der Waals surface area contributed by atoms with Crippen LogP contribution in [0.15, 0.2) is 54.6 Å². The van der Waals surface area contributed by atoms with Crippen LogP contribution in [0.1, 0.15) is 12.1 Å². The molecule has 3 aromatic rings. The van der Waals surface area contributed by atoms with Gasteiger partial charge in [0.2, 0.25) is 0 Å². The molecule has 0 fully saturated rings. The molecule has 0 amide bonds. The van der Waals surface area contributed by atoms with Crippen molar-refractivity contribution in [3.63, 3.8) is 0 Å². The molecule has 0 aliphatic heterocycles. The van der Waals surface area contributed by atoms with E-state index in [1.54, 1.807) is 36.4 Å². The molecular formula is C21H20Cl2N2O4. The number of benzene rings is 2. The number of nitrogens with one attached hydrogen (secondary N) is 1. The molecule has 0 saturated carbocycles. The zero-order chi connectivity index (χ0) is 20.6. The Morgan fingerprint density at radius 1 is 1.07 bits per heavy atom. The van der Waals surface area contributed by atoms with Gasteiger partial charge in [-0.25, -0.2) is 0 Å². The van der Waals surface area contributed by atoms with Gasteiger partial charge in [-0.05, 0) is 42.5 Å². The number of hydrogen-bond donors (Lipinski definition) is 2. The molecule has 0 aliphatic rings. The Labute approximate surface area is 178 Å².